The summed E-state index contributed by atoms with van der Waals surface area (Å²) in [6.45, 7) is 5.47. The van der Waals surface area contributed by atoms with E-state index in [1.165, 1.54) is 38.7 Å². The maximum Gasteiger partial charge on any atom is 0.315 e. The lowest BCUT2D eigenvalue weighted by Crippen LogP contribution is -2.49. The summed E-state index contributed by atoms with van der Waals surface area (Å²) >= 11 is 4.48. The van der Waals surface area contributed by atoms with Crippen LogP contribution in [0.15, 0.2) is 85.3 Å². The number of ether oxygens (including phenoxy) is 2. The topological polar surface area (TPSA) is 162 Å². The van der Waals surface area contributed by atoms with Crippen LogP contribution in [0.5, 0.6) is 11.5 Å². The van der Waals surface area contributed by atoms with Gasteiger partial charge in [0, 0.05) is 68.1 Å². The van der Waals surface area contributed by atoms with Crippen LogP contribution in [0.4, 0.5) is 4.79 Å². The standard InChI is InChI=1S/C39H40N12O3S3/c1-38(33-43-35(47-56-33)50-15-12-40-23-50,45-28-7-14-49(22-28)21-26-3-5-31-27(18-26)8-17-55-31)20-32-53-29-4-2-25(19-30(29)54-32)6-11-42-37(52)46-39(9-10-39)34-44-36(48-57-34)51-16-13-41-24-51/h2-5,8,12-13,15-19,23-24,28,32,45H,6-7,9-11,14,20-22H2,1H3,(H2,42,46,52). The summed E-state index contributed by atoms with van der Waals surface area (Å²) in [5, 5.41) is 15.2. The number of fused-ring (bicyclic) bond motifs is 2. The lowest BCUT2D eigenvalue weighted by atomic mass is 9.96. The summed E-state index contributed by atoms with van der Waals surface area (Å²) in [6.07, 6.45) is 13.7. The fraction of sp³-hybridized carbons (Fsp3) is 0.359. The summed E-state index contributed by atoms with van der Waals surface area (Å²) in [4.78, 5) is 33.4. The number of thiophene rings is 1. The van der Waals surface area contributed by atoms with Gasteiger partial charge in [-0.1, -0.05) is 12.1 Å². The SMILES string of the molecule is CC(CC1Oc2ccc(CCNC(=O)NC3(c4nc(-n5ccnc5)ns4)CC3)cc2O1)(NC1CCN(Cc2ccc3sccc3c2)C1)c1nc(-n2ccnc2)ns1. The lowest BCUT2D eigenvalue weighted by molar-refractivity contribution is 0.0142. The van der Waals surface area contributed by atoms with Crippen molar-refractivity contribution in [2.75, 3.05) is 19.6 Å². The second-order valence-electron chi connectivity index (χ2n) is 15.1. The maximum absolute atomic E-state index is 13.0. The van der Waals surface area contributed by atoms with Crippen LogP contribution >= 0.6 is 34.4 Å². The number of hydrogen-bond donors (Lipinski definition) is 3. The molecule has 7 aromatic rings. The van der Waals surface area contributed by atoms with Crippen molar-refractivity contribution in [1.29, 1.82) is 0 Å². The van der Waals surface area contributed by atoms with Crippen molar-refractivity contribution in [3.63, 3.8) is 0 Å². The highest BCUT2D eigenvalue weighted by Gasteiger charge is 2.49. The molecule has 292 valence electrons. The molecule has 0 radical (unpaired) electrons. The number of nitrogens with one attached hydrogen (secondary N) is 3. The second-order valence-corrected chi connectivity index (χ2v) is 17.5. The van der Waals surface area contributed by atoms with Crippen molar-refractivity contribution in [3.05, 3.63) is 106 Å². The number of aromatic nitrogens is 8. The molecule has 2 amide bonds. The Hall–Kier alpha value is -5.27. The molecule has 3 unspecified atom stereocenters. The Morgan fingerprint density at radius 2 is 1.74 bits per heavy atom. The molecule has 1 saturated heterocycles. The van der Waals surface area contributed by atoms with E-state index < -0.39 is 17.4 Å². The zero-order chi connectivity index (χ0) is 38.4. The fourth-order valence-electron chi connectivity index (χ4n) is 7.66. The number of carbonyl (C=O) groups is 1. The van der Waals surface area contributed by atoms with Gasteiger partial charge in [-0.2, -0.15) is 8.75 Å². The molecule has 1 aliphatic carbocycles. The number of hydrogen-bond acceptors (Lipinski definition) is 14. The van der Waals surface area contributed by atoms with Gasteiger partial charge in [0.25, 0.3) is 0 Å². The van der Waals surface area contributed by atoms with E-state index in [0.29, 0.717) is 42.8 Å². The van der Waals surface area contributed by atoms with Crippen molar-refractivity contribution < 1.29 is 14.3 Å². The van der Waals surface area contributed by atoms with Gasteiger partial charge in [0.15, 0.2) is 11.5 Å². The van der Waals surface area contributed by atoms with Gasteiger partial charge in [0.2, 0.25) is 18.2 Å². The van der Waals surface area contributed by atoms with Gasteiger partial charge < -0.3 is 25.4 Å². The monoisotopic (exact) mass is 820 g/mol. The fourth-order valence-corrected chi connectivity index (χ4v) is 10.1. The number of rotatable bonds is 14. The predicted molar refractivity (Wildman–Crippen MR) is 217 cm³/mol. The molecule has 2 fully saturated rings. The summed E-state index contributed by atoms with van der Waals surface area (Å²) < 4.78 is 26.9. The molecule has 15 nitrogen and oxygen atoms in total. The smallest absolute Gasteiger partial charge is 0.315 e. The van der Waals surface area contributed by atoms with E-state index in [4.69, 9.17) is 14.5 Å². The van der Waals surface area contributed by atoms with E-state index in [1.54, 1.807) is 47.1 Å². The van der Waals surface area contributed by atoms with Gasteiger partial charge in [0.1, 0.15) is 22.7 Å². The van der Waals surface area contributed by atoms with Crippen molar-refractivity contribution >= 4 is 50.5 Å². The molecule has 2 aliphatic heterocycles. The Morgan fingerprint density at radius 1 is 0.947 bits per heavy atom. The molecule has 57 heavy (non-hydrogen) atoms. The zero-order valence-electron chi connectivity index (χ0n) is 31.1. The summed E-state index contributed by atoms with van der Waals surface area (Å²) in [6, 6.07) is 15.0. The maximum atomic E-state index is 13.0. The molecule has 0 spiro atoms. The van der Waals surface area contributed by atoms with E-state index in [2.05, 4.69) is 81.1 Å². The molecule has 1 saturated carbocycles. The van der Waals surface area contributed by atoms with Crippen LogP contribution in [-0.2, 0) is 24.0 Å². The predicted octanol–water partition coefficient (Wildman–Crippen LogP) is 5.77. The third kappa shape index (κ3) is 7.62. The highest BCUT2D eigenvalue weighted by Crippen LogP contribution is 2.46. The third-order valence-corrected chi connectivity index (χ3v) is 13.6. The first-order valence-electron chi connectivity index (χ1n) is 19.0. The van der Waals surface area contributed by atoms with Crippen molar-refractivity contribution in [3.8, 4) is 23.4 Å². The number of urea groups is 1. The van der Waals surface area contributed by atoms with Gasteiger partial charge in [-0.25, -0.2) is 24.7 Å². The number of nitrogens with zero attached hydrogens (tertiary/aromatic N) is 9. The molecule has 18 heteroatoms. The highest BCUT2D eigenvalue weighted by molar-refractivity contribution is 7.17. The van der Waals surface area contributed by atoms with Crippen LogP contribution in [0.2, 0.25) is 0 Å². The van der Waals surface area contributed by atoms with Gasteiger partial charge in [-0.3, -0.25) is 14.0 Å². The van der Waals surface area contributed by atoms with E-state index in [9.17, 15) is 4.79 Å². The third-order valence-electron chi connectivity index (χ3n) is 10.8. The van der Waals surface area contributed by atoms with E-state index in [-0.39, 0.29) is 12.1 Å². The van der Waals surface area contributed by atoms with Crippen LogP contribution in [0, 0.1) is 0 Å². The number of imidazole rings is 2. The number of amides is 2. The number of benzene rings is 2. The first kappa shape index (κ1) is 36.1. The average molecular weight is 821 g/mol. The Bertz CT molecular complexity index is 2490. The highest BCUT2D eigenvalue weighted by atomic mass is 32.1. The molecule has 5 aromatic heterocycles. The Balaban J connectivity index is 0.767. The van der Waals surface area contributed by atoms with Crippen molar-refractivity contribution in [2.45, 2.75) is 69.0 Å². The second kappa shape index (κ2) is 14.9. The first-order valence-corrected chi connectivity index (χ1v) is 21.4. The van der Waals surface area contributed by atoms with Crippen molar-refractivity contribution in [1.82, 2.24) is 58.7 Å². The molecule has 10 rings (SSSR count). The molecule has 2 aromatic carbocycles. The molecular formula is C39H40N12O3S3. The normalized spacial score (nSPS) is 19.5. The van der Waals surface area contributed by atoms with Gasteiger partial charge in [0.05, 0.1) is 11.1 Å². The summed E-state index contributed by atoms with van der Waals surface area (Å²) in [5.74, 6) is 2.54. The number of likely N-dealkylation sites (tertiary alicyclic amines) is 1. The van der Waals surface area contributed by atoms with Gasteiger partial charge in [-0.15, -0.1) is 11.3 Å². The largest absolute Gasteiger partial charge is 0.451 e. The summed E-state index contributed by atoms with van der Waals surface area (Å²) in [5.41, 5.74) is 1.31. The minimum Gasteiger partial charge on any atom is -0.451 e. The Labute approximate surface area is 340 Å². The van der Waals surface area contributed by atoms with Crippen LogP contribution in [0.25, 0.3) is 22.0 Å². The summed E-state index contributed by atoms with van der Waals surface area (Å²) in [7, 11) is 0. The molecule has 0 bridgehead atoms. The minimum absolute atomic E-state index is 0.224. The molecular weight excluding hydrogens is 781 g/mol. The Kier molecular flexibility index (Phi) is 9.44. The van der Waals surface area contributed by atoms with Gasteiger partial charge >= 0.3 is 6.03 Å². The van der Waals surface area contributed by atoms with Crippen LogP contribution < -0.4 is 25.4 Å². The van der Waals surface area contributed by atoms with Gasteiger partial charge in [-0.05, 0) is 108 Å². The molecule has 3 aliphatic rings. The van der Waals surface area contributed by atoms with Crippen LogP contribution in [0.1, 0.15) is 53.7 Å². The Morgan fingerprint density at radius 3 is 2.54 bits per heavy atom. The van der Waals surface area contributed by atoms with E-state index in [0.717, 1.165) is 54.5 Å². The molecule has 7 heterocycles. The first-order chi connectivity index (χ1) is 27.9. The minimum atomic E-state index is -0.589. The van der Waals surface area contributed by atoms with E-state index >= 15 is 0 Å². The number of carbonyl (C=O) groups excluding carboxylic acids is 1. The molecule has 3 N–H and O–H groups in total. The zero-order valence-corrected chi connectivity index (χ0v) is 33.5. The molecule has 3 atom stereocenters. The van der Waals surface area contributed by atoms with Crippen molar-refractivity contribution in [2.24, 2.45) is 0 Å². The van der Waals surface area contributed by atoms with Crippen LogP contribution in [-0.4, -0.2) is 80.7 Å². The quantitative estimate of drug-likeness (QED) is 0.122. The van der Waals surface area contributed by atoms with Crippen LogP contribution in [0.3, 0.4) is 0 Å². The van der Waals surface area contributed by atoms with E-state index in [1.807, 2.05) is 29.0 Å². The lowest BCUT2D eigenvalue weighted by Gasteiger charge is -2.33. The average Bonchev–Trinajstić information content (AvgIpc) is 4.01.